The standard InChI is InChI=1S/C16H23NO3S/c1-2-21-14-8-5-7-13(15(14)16(18)19)17-10-9-12-6-3-4-11-20-12/h5,7-8,12,17H,2-4,6,9-11H2,1H3,(H,18,19). The van der Waals surface area contributed by atoms with Crippen molar-refractivity contribution in [2.75, 3.05) is 24.2 Å². The number of aromatic carboxylic acids is 1. The third-order valence-corrected chi connectivity index (χ3v) is 4.54. The second-order valence-corrected chi connectivity index (χ2v) is 6.43. The molecule has 21 heavy (non-hydrogen) atoms. The van der Waals surface area contributed by atoms with Gasteiger partial charge in [-0.1, -0.05) is 13.0 Å². The van der Waals surface area contributed by atoms with Gasteiger partial charge in [-0.15, -0.1) is 11.8 Å². The Labute approximate surface area is 130 Å². The fourth-order valence-corrected chi connectivity index (χ4v) is 3.41. The smallest absolute Gasteiger partial charge is 0.338 e. The highest BCUT2D eigenvalue weighted by molar-refractivity contribution is 7.99. The number of rotatable bonds is 7. The predicted octanol–water partition coefficient (Wildman–Crippen LogP) is 3.87. The van der Waals surface area contributed by atoms with Crippen molar-refractivity contribution in [3.05, 3.63) is 23.8 Å². The number of carbonyl (C=O) groups is 1. The summed E-state index contributed by atoms with van der Waals surface area (Å²) in [4.78, 5) is 12.3. The molecule has 2 N–H and O–H groups in total. The van der Waals surface area contributed by atoms with Gasteiger partial charge in [0.25, 0.3) is 0 Å². The van der Waals surface area contributed by atoms with Crippen molar-refractivity contribution in [2.45, 2.75) is 43.6 Å². The molecule has 1 atom stereocenters. The van der Waals surface area contributed by atoms with E-state index in [1.54, 1.807) is 11.8 Å². The highest BCUT2D eigenvalue weighted by Gasteiger charge is 2.17. The maximum Gasteiger partial charge on any atom is 0.338 e. The lowest BCUT2D eigenvalue weighted by molar-refractivity contribution is 0.0134. The van der Waals surface area contributed by atoms with Crippen LogP contribution in [0.3, 0.4) is 0 Å². The molecule has 0 radical (unpaired) electrons. The summed E-state index contributed by atoms with van der Waals surface area (Å²) in [5, 5.41) is 12.7. The number of anilines is 1. The molecule has 1 aromatic rings. The SMILES string of the molecule is CCSc1cccc(NCCC2CCCCO2)c1C(=O)O. The van der Waals surface area contributed by atoms with Crippen LogP contribution in [-0.2, 0) is 4.74 Å². The monoisotopic (exact) mass is 309 g/mol. The van der Waals surface area contributed by atoms with Gasteiger partial charge >= 0.3 is 5.97 Å². The van der Waals surface area contributed by atoms with Crippen LogP contribution < -0.4 is 5.32 Å². The van der Waals surface area contributed by atoms with Crippen LogP contribution in [0.2, 0.25) is 0 Å². The Hall–Kier alpha value is -1.20. The van der Waals surface area contributed by atoms with E-state index in [4.69, 9.17) is 4.74 Å². The molecule has 1 heterocycles. The van der Waals surface area contributed by atoms with Gasteiger partial charge in [-0.2, -0.15) is 0 Å². The predicted molar refractivity (Wildman–Crippen MR) is 86.5 cm³/mol. The Morgan fingerprint density at radius 1 is 1.48 bits per heavy atom. The molecule has 1 aliphatic heterocycles. The Morgan fingerprint density at radius 2 is 2.33 bits per heavy atom. The highest BCUT2D eigenvalue weighted by Crippen LogP contribution is 2.28. The zero-order valence-corrected chi connectivity index (χ0v) is 13.2. The van der Waals surface area contributed by atoms with Crippen LogP contribution in [0.15, 0.2) is 23.1 Å². The van der Waals surface area contributed by atoms with Crippen LogP contribution in [-0.4, -0.2) is 36.1 Å². The topological polar surface area (TPSA) is 58.6 Å². The summed E-state index contributed by atoms with van der Waals surface area (Å²) < 4.78 is 5.70. The lowest BCUT2D eigenvalue weighted by Crippen LogP contribution is -2.22. The summed E-state index contributed by atoms with van der Waals surface area (Å²) in [7, 11) is 0. The quantitative estimate of drug-likeness (QED) is 0.749. The van der Waals surface area contributed by atoms with E-state index < -0.39 is 5.97 Å². The molecule has 0 amide bonds. The molecule has 0 bridgehead atoms. The third-order valence-electron chi connectivity index (χ3n) is 3.60. The molecule has 2 rings (SSSR count). The number of carboxylic acid groups (broad SMARTS) is 1. The average molecular weight is 309 g/mol. The van der Waals surface area contributed by atoms with Crippen LogP contribution in [0.5, 0.6) is 0 Å². The van der Waals surface area contributed by atoms with Gasteiger partial charge in [-0.3, -0.25) is 0 Å². The van der Waals surface area contributed by atoms with Gasteiger partial charge in [-0.25, -0.2) is 4.79 Å². The Morgan fingerprint density at radius 3 is 3.00 bits per heavy atom. The Bertz CT molecular complexity index is 473. The maximum atomic E-state index is 11.5. The minimum Gasteiger partial charge on any atom is -0.478 e. The molecule has 1 fully saturated rings. The van der Waals surface area contributed by atoms with Gasteiger partial charge in [0.1, 0.15) is 0 Å². The fraction of sp³-hybridized carbons (Fsp3) is 0.562. The van der Waals surface area contributed by atoms with Crippen molar-refractivity contribution in [3.8, 4) is 0 Å². The van der Waals surface area contributed by atoms with Crippen LogP contribution in [0.1, 0.15) is 43.0 Å². The summed E-state index contributed by atoms with van der Waals surface area (Å²) >= 11 is 1.56. The van der Waals surface area contributed by atoms with Gasteiger partial charge in [0, 0.05) is 23.7 Å². The molecule has 0 aromatic heterocycles. The van der Waals surface area contributed by atoms with Gasteiger partial charge in [0.05, 0.1) is 11.7 Å². The number of hydrogen-bond acceptors (Lipinski definition) is 4. The van der Waals surface area contributed by atoms with Crippen LogP contribution in [0.4, 0.5) is 5.69 Å². The summed E-state index contributed by atoms with van der Waals surface area (Å²) in [5.74, 6) is -0.0115. The molecule has 1 aliphatic rings. The fourth-order valence-electron chi connectivity index (χ4n) is 2.58. The average Bonchev–Trinajstić information content (AvgIpc) is 2.48. The van der Waals surface area contributed by atoms with E-state index in [1.165, 1.54) is 6.42 Å². The van der Waals surface area contributed by atoms with Crippen molar-refractivity contribution >= 4 is 23.4 Å². The van der Waals surface area contributed by atoms with E-state index in [0.29, 0.717) is 17.4 Å². The maximum absolute atomic E-state index is 11.5. The molecule has 0 spiro atoms. The normalized spacial score (nSPS) is 18.4. The van der Waals surface area contributed by atoms with Crippen LogP contribution >= 0.6 is 11.8 Å². The first-order valence-corrected chi connectivity index (χ1v) is 8.55. The zero-order chi connectivity index (χ0) is 15.1. The Balaban J connectivity index is 1.98. The molecular formula is C16H23NO3S. The van der Waals surface area contributed by atoms with Crippen molar-refractivity contribution in [1.82, 2.24) is 0 Å². The lowest BCUT2D eigenvalue weighted by Gasteiger charge is -2.23. The van der Waals surface area contributed by atoms with Crippen molar-refractivity contribution in [3.63, 3.8) is 0 Å². The summed E-state index contributed by atoms with van der Waals surface area (Å²) in [6, 6.07) is 5.61. The molecule has 1 saturated heterocycles. The highest BCUT2D eigenvalue weighted by atomic mass is 32.2. The third kappa shape index (κ3) is 4.64. The largest absolute Gasteiger partial charge is 0.478 e. The van der Waals surface area contributed by atoms with E-state index in [1.807, 2.05) is 25.1 Å². The number of benzene rings is 1. The molecular weight excluding hydrogens is 286 g/mol. The first kappa shape index (κ1) is 16.2. The number of thioether (sulfide) groups is 1. The molecule has 5 heteroatoms. The minimum absolute atomic E-state index is 0.313. The number of carboxylic acids is 1. The molecule has 1 aromatic carbocycles. The number of hydrogen-bond donors (Lipinski definition) is 2. The molecule has 116 valence electrons. The van der Waals surface area contributed by atoms with Gasteiger partial charge in [0.2, 0.25) is 0 Å². The van der Waals surface area contributed by atoms with Crippen molar-refractivity contribution in [1.29, 1.82) is 0 Å². The number of nitrogens with one attached hydrogen (secondary N) is 1. The summed E-state index contributed by atoms with van der Waals surface area (Å²) in [5.41, 5.74) is 1.09. The number of ether oxygens (including phenoxy) is 1. The summed E-state index contributed by atoms with van der Waals surface area (Å²) in [6.45, 7) is 3.62. The van der Waals surface area contributed by atoms with Crippen molar-refractivity contribution in [2.24, 2.45) is 0 Å². The molecule has 0 aliphatic carbocycles. The molecule has 1 unspecified atom stereocenters. The molecule has 0 saturated carbocycles. The van der Waals surface area contributed by atoms with Gasteiger partial charge in [-0.05, 0) is 43.6 Å². The van der Waals surface area contributed by atoms with E-state index >= 15 is 0 Å². The first-order valence-electron chi connectivity index (χ1n) is 7.57. The first-order chi connectivity index (χ1) is 10.2. The second kappa shape index (κ2) is 8.29. The van der Waals surface area contributed by atoms with E-state index in [2.05, 4.69) is 5.32 Å². The van der Waals surface area contributed by atoms with Crippen molar-refractivity contribution < 1.29 is 14.6 Å². The van der Waals surface area contributed by atoms with E-state index in [0.717, 1.165) is 43.1 Å². The van der Waals surface area contributed by atoms with Crippen LogP contribution in [0.25, 0.3) is 0 Å². The molecule has 4 nitrogen and oxygen atoms in total. The Kier molecular flexibility index (Phi) is 6.39. The van der Waals surface area contributed by atoms with E-state index in [9.17, 15) is 9.90 Å². The van der Waals surface area contributed by atoms with Gasteiger partial charge < -0.3 is 15.2 Å². The summed E-state index contributed by atoms with van der Waals surface area (Å²) in [6.07, 6.45) is 4.73. The second-order valence-electron chi connectivity index (χ2n) is 5.12. The zero-order valence-electron chi connectivity index (χ0n) is 12.4. The lowest BCUT2D eigenvalue weighted by atomic mass is 10.1. The van der Waals surface area contributed by atoms with Gasteiger partial charge in [0.15, 0.2) is 0 Å². The van der Waals surface area contributed by atoms with E-state index in [-0.39, 0.29) is 0 Å². The van der Waals surface area contributed by atoms with Crippen LogP contribution in [0, 0.1) is 0 Å². The minimum atomic E-state index is -0.872.